The van der Waals surface area contributed by atoms with Crippen LogP contribution in [0.15, 0.2) is 18.2 Å². The van der Waals surface area contributed by atoms with Crippen molar-refractivity contribution in [3.05, 3.63) is 35.1 Å². The highest BCUT2D eigenvalue weighted by Gasteiger charge is 2.29. The first-order valence-corrected chi connectivity index (χ1v) is 6.75. The van der Waals surface area contributed by atoms with Crippen LogP contribution in [0.3, 0.4) is 0 Å². The molecule has 1 rings (SSSR count). The molecule has 1 amide bonds. The first-order chi connectivity index (χ1) is 8.48. The summed E-state index contributed by atoms with van der Waals surface area (Å²) in [6.07, 6.45) is 0.583. The zero-order chi connectivity index (χ0) is 13.8. The Kier molecular flexibility index (Phi) is 5.42. The van der Waals surface area contributed by atoms with E-state index in [4.69, 9.17) is 23.2 Å². The molecule has 0 aliphatic carbocycles. The molecule has 0 aromatic heterocycles. The van der Waals surface area contributed by atoms with Crippen molar-refractivity contribution in [2.45, 2.75) is 25.8 Å². The molecule has 18 heavy (non-hydrogen) atoms. The number of carbonyl (C=O) groups is 1. The molecule has 1 aromatic rings. The maximum atomic E-state index is 13.6. The van der Waals surface area contributed by atoms with Crippen LogP contribution < -0.4 is 5.32 Å². The van der Waals surface area contributed by atoms with E-state index in [0.29, 0.717) is 6.42 Å². The third kappa shape index (κ3) is 3.36. The minimum Gasteiger partial charge on any atom is -0.344 e. The summed E-state index contributed by atoms with van der Waals surface area (Å²) in [4.78, 5) is 12.0. The summed E-state index contributed by atoms with van der Waals surface area (Å²) >= 11 is 11.7. The normalized spacial score (nSPS) is 11.4. The van der Waals surface area contributed by atoms with E-state index in [1.165, 1.54) is 12.1 Å². The Morgan fingerprint density at radius 1 is 1.39 bits per heavy atom. The standard InChI is InChI=1S/C13H16Cl2FNO/c1-3-13(7-14,8-15)17-12(18)10-6-9(2)4-5-11(10)16/h4-6H,3,7-8H2,1-2H3,(H,17,18). The van der Waals surface area contributed by atoms with Crippen molar-refractivity contribution in [1.82, 2.24) is 5.32 Å². The summed E-state index contributed by atoms with van der Waals surface area (Å²) < 4.78 is 13.6. The third-order valence-corrected chi connectivity index (χ3v) is 3.96. The fraction of sp³-hybridized carbons (Fsp3) is 0.462. The molecule has 0 fully saturated rings. The number of halogens is 3. The van der Waals surface area contributed by atoms with Gasteiger partial charge in [-0.2, -0.15) is 0 Å². The van der Waals surface area contributed by atoms with Gasteiger partial charge in [0.2, 0.25) is 0 Å². The Bertz CT molecular complexity index is 425. The van der Waals surface area contributed by atoms with Crippen molar-refractivity contribution >= 4 is 29.1 Å². The average Bonchev–Trinajstić information content (AvgIpc) is 2.38. The van der Waals surface area contributed by atoms with Gasteiger partial charge in [0.25, 0.3) is 5.91 Å². The Balaban J connectivity index is 2.97. The molecular weight excluding hydrogens is 276 g/mol. The van der Waals surface area contributed by atoms with Crippen molar-refractivity contribution in [2.75, 3.05) is 11.8 Å². The number of hydrogen-bond acceptors (Lipinski definition) is 1. The summed E-state index contributed by atoms with van der Waals surface area (Å²) in [6.45, 7) is 3.67. The van der Waals surface area contributed by atoms with Crippen molar-refractivity contribution in [1.29, 1.82) is 0 Å². The lowest BCUT2D eigenvalue weighted by atomic mass is 10.00. The number of carbonyl (C=O) groups excluding carboxylic acids is 1. The van der Waals surface area contributed by atoms with E-state index >= 15 is 0 Å². The Labute approximate surface area is 116 Å². The third-order valence-electron chi connectivity index (χ3n) is 2.93. The molecule has 0 radical (unpaired) electrons. The van der Waals surface area contributed by atoms with Gasteiger partial charge in [0.15, 0.2) is 0 Å². The van der Waals surface area contributed by atoms with Crippen molar-refractivity contribution in [2.24, 2.45) is 0 Å². The molecule has 5 heteroatoms. The predicted octanol–water partition coefficient (Wildman–Crippen LogP) is 3.49. The molecule has 0 spiro atoms. The number of amides is 1. The monoisotopic (exact) mass is 291 g/mol. The molecule has 0 atom stereocenters. The van der Waals surface area contributed by atoms with Crippen molar-refractivity contribution in [3.8, 4) is 0 Å². The van der Waals surface area contributed by atoms with Gasteiger partial charge in [-0.25, -0.2) is 4.39 Å². The van der Waals surface area contributed by atoms with Crippen LogP contribution in [-0.4, -0.2) is 23.2 Å². The fourth-order valence-electron chi connectivity index (χ4n) is 1.50. The van der Waals surface area contributed by atoms with E-state index in [1.807, 2.05) is 6.92 Å². The Morgan fingerprint density at radius 3 is 2.50 bits per heavy atom. The smallest absolute Gasteiger partial charge is 0.254 e. The first kappa shape index (κ1) is 15.3. The van der Waals surface area contributed by atoms with E-state index in [1.54, 1.807) is 13.0 Å². The summed E-state index contributed by atoms with van der Waals surface area (Å²) in [5.41, 5.74) is 0.138. The highest BCUT2D eigenvalue weighted by atomic mass is 35.5. The molecule has 100 valence electrons. The average molecular weight is 292 g/mol. The van der Waals surface area contributed by atoms with Gasteiger partial charge in [-0.15, -0.1) is 23.2 Å². The number of aryl methyl sites for hydroxylation is 1. The van der Waals surface area contributed by atoms with Gasteiger partial charge in [-0.1, -0.05) is 18.6 Å². The quantitative estimate of drug-likeness (QED) is 0.827. The SMILES string of the molecule is CCC(CCl)(CCl)NC(=O)c1cc(C)ccc1F. The molecule has 0 bridgehead atoms. The maximum Gasteiger partial charge on any atom is 0.254 e. The van der Waals surface area contributed by atoms with Crippen LogP contribution in [0.25, 0.3) is 0 Å². The number of hydrogen-bond donors (Lipinski definition) is 1. The molecule has 0 aliphatic heterocycles. The molecule has 2 nitrogen and oxygen atoms in total. The molecule has 0 saturated carbocycles. The van der Waals surface area contributed by atoms with Gasteiger partial charge >= 0.3 is 0 Å². The van der Waals surface area contributed by atoms with E-state index in [9.17, 15) is 9.18 Å². The molecule has 0 aliphatic rings. The number of benzene rings is 1. The van der Waals surface area contributed by atoms with Crippen LogP contribution >= 0.6 is 23.2 Å². The molecule has 1 aromatic carbocycles. The number of rotatable bonds is 5. The second-order valence-electron chi connectivity index (χ2n) is 4.34. The van der Waals surface area contributed by atoms with Gasteiger partial charge in [0.1, 0.15) is 5.82 Å². The summed E-state index contributed by atoms with van der Waals surface area (Å²) in [7, 11) is 0. The largest absolute Gasteiger partial charge is 0.344 e. The zero-order valence-corrected chi connectivity index (χ0v) is 11.9. The molecule has 0 saturated heterocycles. The first-order valence-electron chi connectivity index (χ1n) is 5.68. The van der Waals surface area contributed by atoms with Gasteiger partial charge in [-0.3, -0.25) is 4.79 Å². The summed E-state index contributed by atoms with van der Waals surface area (Å²) in [6, 6.07) is 4.40. The fourth-order valence-corrected chi connectivity index (χ4v) is 2.30. The van der Waals surface area contributed by atoms with Crippen molar-refractivity contribution in [3.63, 3.8) is 0 Å². The highest BCUT2D eigenvalue weighted by molar-refractivity contribution is 6.22. The van der Waals surface area contributed by atoms with E-state index in [-0.39, 0.29) is 17.3 Å². The second-order valence-corrected chi connectivity index (χ2v) is 4.87. The topological polar surface area (TPSA) is 29.1 Å². The van der Waals surface area contributed by atoms with Crippen LogP contribution in [-0.2, 0) is 0 Å². The van der Waals surface area contributed by atoms with Gasteiger partial charge in [0, 0.05) is 11.8 Å². The highest BCUT2D eigenvalue weighted by Crippen LogP contribution is 2.17. The number of alkyl halides is 2. The maximum absolute atomic E-state index is 13.6. The van der Waals surface area contributed by atoms with E-state index < -0.39 is 17.3 Å². The molecular formula is C13H16Cl2FNO. The second kappa shape index (κ2) is 6.39. The van der Waals surface area contributed by atoms with Gasteiger partial charge in [-0.05, 0) is 25.5 Å². The Morgan fingerprint density at radius 2 is 2.00 bits per heavy atom. The zero-order valence-electron chi connectivity index (χ0n) is 10.4. The van der Waals surface area contributed by atoms with Gasteiger partial charge < -0.3 is 5.32 Å². The number of nitrogens with one attached hydrogen (secondary N) is 1. The van der Waals surface area contributed by atoms with Crippen LogP contribution in [0.4, 0.5) is 4.39 Å². The van der Waals surface area contributed by atoms with Crippen LogP contribution in [0.1, 0.15) is 29.3 Å². The summed E-state index contributed by atoms with van der Waals surface area (Å²) in [5.74, 6) is -0.662. The van der Waals surface area contributed by atoms with E-state index in [2.05, 4.69) is 5.32 Å². The van der Waals surface area contributed by atoms with Crippen LogP contribution in [0, 0.1) is 12.7 Å². The van der Waals surface area contributed by atoms with Crippen LogP contribution in [0.5, 0.6) is 0 Å². The lowest BCUT2D eigenvalue weighted by molar-refractivity contribution is 0.0909. The molecule has 0 heterocycles. The Hall–Kier alpha value is -0.800. The lowest BCUT2D eigenvalue weighted by Gasteiger charge is -2.29. The van der Waals surface area contributed by atoms with Crippen molar-refractivity contribution < 1.29 is 9.18 Å². The minimum absolute atomic E-state index is 0.0167. The van der Waals surface area contributed by atoms with Gasteiger partial charge in [0.05, 0.1) is 11.1 Å². The molecule has 0 unspecified atom stereocenters. The van der Waals surface area contributed by atoms with E-state index in [0.717, 1.165) is 5.56 Å². The predicted molar refractivity (Wildman–Crippen MR) is 73.1 cm³/mol. The van der Waals surface area contributed by atoms with Crippen LogP contribution in [0.2, 0.25) is 0 Å². The molecule has 1 N–H and O–H groups in total. The minimum atomic E-state index is -0.698. The lowest BCUT2D eigenvalue weighted by Crippen LogP contribution is -2.51. The summed E-state index contributed by atoms with van der Waals surface area (Å²) in [5, 5.41) is 2.72.